The standard InChI is InChI=1S/C16H17NO3.ClH/c1-19-16(18)15-7-4-10-17(15)20-14-9-8-12-5-2-3-6-13(12)11-14;/h2-3,5-6,8-9,11,15H,4,7,10H2,1H3;1H. The van der Waals surface area contributed by atoms with Gasteiger partial charge in [0.25, 0.3) is 0 Å². The summed E-state index contributed by atoms with van der Waals surface area (Å²) in [6, 6.07) is 13.8. The first-order chi connectivity index (χ1) is 9.78. The number of esters is 1. The molecular weight excluding hydrogens is 290 g/mol. The Hall–Kier alpha value is -1.78. The lowest BCUT2D eigenvalue weighted by Crippen LogP contribution is -2.39. The molecule has 112 valence electrons. The van der Waals surface area contributed by atoms with Crippen LogP contribution >= 0.6 is 12.4 Å². The molecule has 1 heterocycles. The number of nitrogens with zero attached hydrogens (tertiary/aromatic N) is 1. The number of hydrogen-bond acceptors (Lipinski definition) is 4. The van der Waals surface area contributed by atoms with Gasteiger partial charge >= 0.3 is 5.97 Å². The highest BCUT2D eigenvalue weighted by atomic mass is 35.5. The number of ether oxygens (including phenoxy) is 1. The molecule has 0 saturated carbocycles. The molecule has 1 aliphatic heterocycles. The monoisotopic (exact) mass is 307 g/mol. The molecule has 0 aliphatic carbocycles. The highest BCUT2D eigenvalue weighted by Gasteiger charge is 2.33. The van der Waals surface area contributed by atoms with Crippen LogP contribution in [0.4, 0.5) is 0 Å². The molecule has 0 spiro atoms. The highest BCUT2D eigenvalue weighted by Crippen LogP contribution is 2.25. The molecule has 1 fully saturated rings. The van der Waals surface area contributed by atoms with Gasteiger partial charge in [-0.25, -0.2) is 0 Å². The molecule has 1 saturated heterocycles. The van der Waals surface area contributed by atoms with Gasteiger partial charge in [0, 0.05) is 6.54 Å². The highest BCUT2D eigenvalue weighted by molar-refractivity contribution is 5.85. The molecule has 2 aromatic rings. The van der Waals surface area contributed by atoms with Gasteiger partial charge in [-0.3, -0.25) is 4.79 Å². The van der Waals surface area contributed by atoms with E-state index >= 15 is 0 Å². The average Bonchev–Trinajstić information content (AvgIpc) is 2.94. The molecule has 1 unspecified atom stereocenters. The van der Waals surface area contributed by atoms with Crippen molar-refractivity contribution >= 4 is 29.1 Å². The Morgan fingerprint density at radius 1 is 1.19 bits per heavy atom. The molecule has 5 heteroatoms. The van der Waals surface area contributed by atoms with Crippen molar-refractivity contribution in [1.29, 1.82) is 0 Å². The van der Waals surface area contributed by atoms with E-state index in [1.165, 1.54) is 12.5 Å². The maximum absolute atomic E-state index is 11.7. The first-order valence-electron chi connectivity index (χ1n) is 6.79. The summed E-state index contributed by atoms with van der Waals surface area (Å²) in [5.74, 6) is 0.516. The maximum Gasteiger partial charge on any atom is 0.326 e. The van der Waals surface area contributed by atoms with Crippen molar-refractivity contribution in [3.63, 3.8) is 0 Å². The second-order valence-electron chi connectivity index (χ2n) is 4.92. The van der Waals surface area contributed by atoms with Gasteiger partial charge in [0.2, 0.25) is 0 Å². The second-order valence-corrected chi connectivity index (χ2v) is 4.92. The van der Waals surface area contributed by atoms with Crippen LogP contribution in [0.5, 0.6) is 5.75 Å². The number of hydrogen-bond donors (Lipinski definition) is 0. The van der Waals surface area contributed by atoms with Crippen LogP contribution < -0.4 is 4.84 Å². The predicted octanol–water partition coefficient (Wildman–Crippen LogP) is 3.19. The van der Waals surface area contributed by atoms with Crippen LogP contribution in [0.15, 0.2) is 42.5 Å². The lowest BCUT2D eigenvalue weighted by Gasteiger charge is -2.22. The van der Waals surface area contributed by atoms with E-state index in [1.54, 1.807) is 5.06 Å². The fraction of sp³-hybridized carbons (Fsp3) is 0.312. The van der Waals surface area contributed by atoms with E-state index in [1.807, 2.05) is 36.4 Å². The van der Waals surface area contributed by atoms with E-state index in [9.17, 15) is 4.79 Å². The molecule has 1 aliphatic rings. The minimum atomic E-state index is -0.300. The van der Waals surface area contributed by atoms with Crippen molar-refractivity contribution in [1.82, 2.24) is 5.06 Å². The fourth-order valence-electron chi connectivity index (χ4n) is 2.58. The third-order valence-electron chi connectivity index (χ3n) is 3.62. The molecule has 0 bridgehead atoms. The van der Waals surface area contributed by atoms with E-state index < -0.39 is 0 Å². The number of carbonyl (C=O) groups excluding carboxylic acids is 1. The zero-order valence-electron chi connectivity index (χ0n) is 11.8. The summed E-state index contributed by atoms with van der Waals surface area (Å²) in [7, 11) is 1.41. The minimum absolute atomic E-state index is 0. The molecule has 4 nitrogen and oxygen atoms in total. The Balaban J connectivity index is 0.00000161. The molecule has 21 heavy (non-hydrogen) atoms. The summed E-state index contributed by atoms with van der Waals surface area (Å²) in [4.78, 5) is 17.5. The van der Waals surface area contributed by atoms with Crippen LogP contribution in [0.25, 0.3) is 10.8 Å². The SMILES string of the molecule is COC(=O)C1CCCN1Oc1ccc2ccccc2c1.Cl. The van der Waals surface area contributed by atoms with Gasteiger partial charge in [0.1, 0.15) is 11.8 Å². The normalized spacial score (nSPS) is 18.2. The Kier molecular flexibility index (Phi) is 5.04. The zero-order valence-corrected chi connectivity index (χ0v) is 12.6. The lowest BCUT2D eigenvalue weighted by atomic mass is 10.1. The van der Waals surface area contributed by atoms with E-state index in [-0.39, 0.29) is 24.4 Å². The van der Waals surface area contributed by atoms with Crippen LogP contribution in [-0.4, -0.2) is 30.7 Å². The summed E-state index contributed by atoms with van der Waals surface area (Å²) in [6.45, 7) is 0.743. The Bertz CT molecular complexity index is 632. The fourth-order valence-corrected chi connectivity index (χ4v) is 2.58. The summed E-state index contributed by atoms with van der Waals surface area (Å²) in [5.41, 5.74) is 0. The van der Waals surface area contributed by atoms with Gasteiger partial charge in [-0.2, -0.15) is 0 Å². The van der Waals surface area contributed by atoms with Crippen molar-refractivity contribution in [2.45, 2.75) is 18.9 Å². The Morgan fingerprint density at radius 3 is 2.71 bits per heavy atom. The third-order valence-corrected chi connectivity index (χ3v) is 3.62. The van der Waals surface area contributed by atoms with Crippen molar-refractivity contribution in [2.24, 2.45) is 0 Å². The van der Waals surface area contributed by atoms with E-state index in [0.29, 0.717) is 0 Å². The van der Waals surface area contributed by atoms with Gasteiger partial charge in [-0.05, 0) is 35.7 Å². The van der Waals surface area contributed by atoms with Crippen LogP contribution in [0, 0.1) is 0 Å². The van der Waals surface area contributed by atoms with Gasteiger partial charge in [-0.1, -0.05) is 30.3 Å². The third kappa shape index (κ3) is 3.28. The Labute approximate surface area is 130 Å². The summed E-state index contributed by atoms with van der Waals surface area (Å²) < 4.78 is 4.81. The van der Waals surface area contributed by atoms with Crippen molar-refractivity contribution in [3.8, 4) is 5.75 Å². The van der Waals surface area contributed by atoms with E-state index in [2.05, 4.69) is 6.07 Å². The molecule has 0 aromatic heterocycles. The average molecular weight is 308 g/mol. The number of hydroxylamine groups is 2. The van der Waals surface area contributed by atoms with Crippen LogP contribution in [0.1, 0.15) is 12.8 Å². The number of methoxy groups -OCH3 is 1. The number of carbonyl (C=O) groups is 1. The number of fused-ring (bicyclic) bond motifs is 1. The summed E-state index contributed by atoms with van der Waals surface area (Å²) in [5, 5.41) is 4.01. The maximum atomic E-state index is 11.7. The number of benzene rings is 2. The summed E-state index contributed by atoms with van der Waals surface area (Å²) >= 11 is 0. The molecule has 2 aromatic carbocycles. The first kappa shape index (κ1) is 15.6. The van der Waals surface area contributed by atoms with Crippen LogP contribution in [0.2, 0.25) is 0 Å². The largest absolute Gasteiger partial charge is 0.468 e. The summed E-state index contributed by atoms with van der Waals surface area (Å²) in [6.07, 6.45) is 1.72. The quantitative estimate of drug-likeness (QED) is 0.816. The van der Waals surface area contributed by atoms with Crippen molar-refractivity contribution in [2.75, 3.05) is 13.7 Å². The molecule has 0 radical (unpaired) electrons. The Morgan fingerprint density at radius 2 is 1.95 bits per heavy atom. The van der Waals surface area contributed by atoms with Crippen molar-refractivity contribution in [3.05, 3.63) is 42.5 Å². The molecule has 3 rings (SSSR count). The lowest BCUT2D eigenvalue weighted by molar-refractivity contribution is -0.158. The van der Waals surface area contributed by atoms with Gasteiger partial charge in [0.05, 0.1) is 7.11 Å². The number of halogens is 1. The van der Waals surface area contributed by atoms with Gasteiger partial charge < -0.3 is 9.57 Å². The first-order valence-corrected chi connectivity index (χ1v) is 6.79. The minimum Gasteiger partial charge on any atom is -0.468 e. The van der Waals surface area contributed by atoms with Crippen LogP contribution in [-0.2, 0) is 9.53 Å². The van der Waals surface area contributed by atoms with Gasteiger partial charge in [-0.15, -0.1) is 17.5 Å². The van der Waals surface area contributed by atoms with E-state index in [4.69, 9.17) is 9.57 Å². The smallest absolute Gasteiger partial charge is 0.326 e. The van der Waals surface area contributed by atoms with Gasteiger partial charge in [0.15, 0.2) is 0 Å². The zero-order chi connectivity index (χ0) is 13.9. The predicted molar refractivity (Wildman–Crippen MR) is 83.6 cm³/mol. The number of rotatable bonds is 3. The van der Waals surface area contributed by atoms with Crippen molar-refractivity contribution < 1.29 is 14.4 Å². The molecule has 0 N–H and O–H groups in total. The molecular formula is C16H18ClNO3. The van der Waals surface area contributed by atoms with Crippen LogP contribution in [0.3, 0.4) is 0 Å². The van der Waals surface area contributed by atoms with E-state index in [0.717, 1.165) is 30.5 Å². The molecule has 0 amide bonds. The second kappa shape index (κ2) is 6.78. The topological polar surface area (TPSA) is 38.8 Å². The molecule has 1 atom stereocenters.